The first kappa shape index (κ1) is 12.8. The second-order valence-corrected chi connectivity index (χ2v) is 5.81. The van der Waals surface area contributed by atoms with Crippen molar-refractivity contribution >= 4 is 34.6 Å². The fourth-order valence-corrected chi connectivity index (χ4v) is 3.41. The zero-order valence-corrected chi connectivity index (χ0v) is 11.2. The molecule has 2 heterocycles. The Balaban J connectivity index is 2.40. The molecule has 0 spiro atoms. The van der Waals surface area contributed by atoms with Gasteiger partial charge in [-0.25, -0.2) is 4.98 Å². The summed E-state index contributed by atoms with van der Waals surface area (Å²) in [6.07, 6.45) is 3.38. The van der Waals surface area contributed by atoms with Crippen LogP contribution in [0.1, 0.15) is 16.6 Å². The molecule has 0 aliphatic carbocycles. The highest BCUT2D eigenvalue weighted by Crippen LogP contribution is 2.40. The van der Waals surface area contributed by atoms with Crippen LogP contribution in [0, 0.1) is 10.1 Å². The number of carbonyl (C=O) groups is 1. The van der Waals surface area contributed by atoms with Gasteiger partial charge in [0.25, 0.3) is 5.69 Å². The molecule has 2 aromatic rings. The van der Waals surface area contributed by atoms with Gasteiger partial charge in [-0.3, -0.25) is 14.9 Å². The first-order chi connectivity index (χ1) is 8.49. The first-order valence-corrected chi connectivity index (χ1v) is 6.56. The van der Waals surface area contributed by atoms with Gasteiger partial charge in [0.1, 0.15) is 4.21 Å². The van der Waals surface area contributed by atoms with E-state index in [1.54, 1.807) is 24.0 Å². The fourth-order valence-electron chi connectivity index (χ4n) is 1.27. The highest BCUT2D eigenvalue weighted by atomic mass is 32.2. The highest BCUT2D eigenvalue weighted by Gasteiger charge is 2.22. The molecule has 0 unspecified atom stereocenters. The predicted octanol–water partition coefficient (Wildman–Crippen LogP) is 2.74. The Morgan fingerprint density at radius 1 is 1.61 bits per heavy atom. The second kappa shape index (κ2) is 4.91. The molecule has 0 bridgehead atoms. The van der Waals surface area contributed by atoms with Crippen molar-refractivity contribution in [2.45, 2.75) is 16.3 Å². The van der Waals surface area contributed by atoms with Crippen molar-refractivity contribution in [2.24, 2.45) is 7.05 Å². The molecule has 0 aromatic carbocycles. The van der Waals surface area contributed by atoms with E-state index in [9.17, 15) is 14.9 Å². The molecule has 0 saturated heterocycles. The monoisotopic (exact) mass is 283 g/mol. The number of imidazole rings is 1. The molecular weight excluding hydrogens is 274 g/mol. The smallest absolute Gasteiger partial charge is 0.294 e. The van der Waals surface area contributed by atoms with E-state index in [4.69, 9.17) is 0 Å². The van der Waals surface area contributed by atoms with Crippen molar-refractivity contribution in [3.05, 3.63) is 33.5 Å². The van der Waals surface area contributed by atoms with E-state index < -0.39 is 4.92 Å². The highest BCUT2D eigenvalue weighted by molar-refractivity contribution is 8.01. The van der Waals surface area contributed by atoms with Crippen LogP contribution in [-0.2, 0) is 7.05 Å². The number of rotatable bonds is 4. The minimum Gasteiger partial charge on any atom is -0.329 e. The number of thiophene rings is 1. The van der Waals surface area contributed by atoms with Gasteiger partial charge in [-0.05, 0) is 18.7 Å². The van der Waals surface area contributed by atoms with Gasteiger partial charge in [0, 0.05) is 25.5 Å². The Labute approximate surface area is 111 Å². The van der Waals surface area contributed by atoms with Crippen molar-refractivity contribution < 1.29 is 9.72 Å². The van der Waals surface area contributed by atoms with Gasteiger partial charge >= 0.3 is 0 Å². The first-order valence-electron chi connectivity index (χ1n) is 4.93. The van der Waals surface area contributed by atoms with Crippen LogP contribution in [0.15, 0.2) is 27.8 Å². The minimum absolute atomic E-state index is 0.0433. The van der Waals surface area contributed by atoms with Crippen molar-refractivity contribution in [2.75, 3.05) is 0 Å². The third kappa shape index (κ3) is 2.44. The van der Waals surface area contributed by atoms with E-state index in [-0.39, 0.29) is 11.5 Å². The van der Waals surface area contributed by atoms with Crippen LogP contribution in [0.4, 0.5) is 5.69 Å². The van der Waals surface area contributed by atoms with Gasteiger partial charge in [0.15, 0.2) is 10.9 Å². The van der Waals surface area contributed by atoms with E-state index in [0.717, 1.165) is 11.3 Å². The number of nitrogens with zero attached hydrogens (tertiary/aromatic N) is 3. The van der Waals surface area contributed by atoms with E-state index in [1.165, 1.54) is 24.8 Å². The number of nitro groups is 1. The Kier molecular flexibility index (Phi) is 3.48. The van der Waals surface area contributed by atoms with Gasteiger partial charge in [-0.2, -0.15) is 0 Å². The molecule has 0 radical (unpaired) electrons. The summed E-state index contributed by atoms with van der Waals surface area (Å²) in [7, 11) is 1.81. The second-order valence-electron chi connectivity index (χ2n) is 3.52. The van der Waals surface area contributed by atoms with E-state index in [0.29, 0.717) is 14.2 Å². The van der Waals surface area contributed by atoms with E-state index >= 15 is 0 Å². The molecule has 2 aromatic heterocycles. The summed E-state index contributed by atoms with van der Waals surface area (Å²) < 4.78 is 2.24. The third-order valence-electron chi connectivity index (χ3n) is 2.18. The summed E-state index contributed by atoms with van der Waals surface area (Å²) >= 11 is 2.31. The maximum atomic E-state index is 11.3. The Morgan fingerprint density at radius 2 is 2.33 bits per heavy atom. The molecule has 0 aliphatic rings. The lowest BCUT2D eigenvalue weighted by atomic mass is 10.3. The van der Waals surface area contributed by atoms with Gasteiger partial charge in [0.05, 0.1) is 9.80 Å². The molecule has 94 valence electrons. The normalized spacial score (nSPS) is 10.6. The van der Waals surface area contributed by atoms with Gasteiger partial charge in [0.2, 0.25) is 0 Å². The summed E-state index contributed by atoms with van der Waals surface area (Å²) in [4.78, 5) is 26.2. The summed E-state index contributed by atoms with van der Waals surface area (Å²) in [6.45, 7) is 1.39. The number of carbonyl (C=O) groups excluding carboxylic acids is 1. The number of Topliss-reactive ketones (excluding diaryl/α,β-unsaturated/α-hetero) is 1. The van der Waals surface area contributed by atoms with Crippen LogP contribution < -0.4 is 0 Å². The summed E-state index contributed by atoms with van der Waals surface area (Å²) in [6, 6.07) is 1.32. The fraction of sp³-hybridized carbons (Fsp3) is 0.200. The number of hydrogen-bond acceptors (Lipinski definition) is 6. The van der Waals surface area contributed by atoms with Gasteiger partial charge in [-0.1, -0.05) is 0 Å². The summed E-state index contributed by atoms with van der Waals surface area (Å²) in [5.74, 6) is -0.171. The van der Waals surface area contributed by atoms with Crippen molar-refractivity contribution in [1.29, 1.82) is 0 Å². The van der Waals surface area contributed by atoms with Crippen LogP contribution in [0.2, 0.25) is 0 Å². The largest absolute Gasteiger partial charge is 0.329 e. The van der Waals surface area contributed by atoms with Gasteiger partial charge < -0.3 is 4.57 Å². The minimum atomic E-state index is -0.478. The number of ketones is 1. The van der Waals surface area contributed by atoms with Crippen molar-refractivity contribution in [1.82, 2.24) is 9.55 Å². The molecule has 0 N–H and O–H groups in total. The third-order valence-corrected chi connectivity index (χ3v) is 4.67. The molecule has 0 atom stereocenters. The number of hydrogen-bond donors (Lipinski definition) is 0. The molecular formula is C10H9N3O3S2. The molecule has 0 amide bonds. The number of aromatic nitrogens is 2. The summed E-state index contributed by atoms with van der Waals surface area (Å²) in [5, 5.41) is 11.6. The van der Waals surface area contributed by atoms with Crippen LogP contribution >= 0.6 is 23.1 Å². The van der Waals surface area contributed by atoms with Crippen LogP contribution in [0.25, 0.3) is 0 Å². The van der Waals surface area contributed by atoms with E-state index in [2.05, 4.69) is 4.98 Å². The Bertz CT molecular complexity index is 618. The zero-order chi connectivity index (χ0) is 13.3. The lowest BCUT2D eigenvalue weighted by Gasteiger charge is -1.98. The molecule has 18 heavy (non-hydrogen) atoms. The van der Waals surface area contributed by atoms with Gasteiger partial charge in [-0.15, -0.1) is 11.3 Å². The molecule has 0 aliphatic heterocycles. The molecule has 0 fully saturated rings. The Hall–Kier alpha value is -1.67. The molecule has 2 rings (SSSR count). The molecule has 0 saturated carbocycles. The van der Waals surface area contributed by atoms with Crippen molar-refractivity contribution in [3.63, 3.8) is 0 Å². The lowest BCUT2D eigenvalue weighted by Crippen LogP contribution is -1.90. The maximum Gasteiger partial charge on any atom is 0.294 e. The van der Waals surface area contributed by atoms with E-state index in [1.807, 2.05) is 0 Å². The van der Waals surface area contributed by atoms with Crippen LogP contribution in [0.5, 0.6) is 0 Å². The molecule has 8 heteroatoms. The lowest BCUT2D eigenvalue weighted by molar-refractivity contribution is -0.387. The van der Waals surface area contributed by atoms with Crippen LogP contribution in [0.3, 0.4) is 0 Å². The number of aryl methyl sites for hydroxylation is 1. The average Bonchev–Trinajstić information content (AvgIpc) is 2.87. The Morgan fingerprint density at radius 3 is 2.83 bits per heavy atom. The van der Waals surface area contributed by atoms with Crippen LogP contribution in [-0.4, -0.2) is 20.3 Å². The van der Waals surface area contributed by atoms with Crippen molar-refractivity contribution in [3.8, 4) is 0 Å². The zero-order valence-electron chi connectivity index (χ0n) is 9.61. The SMILES string of the molecule is CC(=O)c1cc([N+](=O)[O-])c(Sc2nccn2C)s1. The summed E-state index contributed by atoms with van der Waals surface area (Å²) in [5.41, 5.74) is -0.0433. The quantitative estimate of drug-likeness (QED) is 0.490. The average molecular weight is 283 g/mol. The molecule has 6 nitrogen and oxygen atoms in total. The predicted molar refractivity (Wildman–Crippen MR) is 68.3 cm³/mol. The topological polar surface area (TPSA) is 78.0 Å². The maximum absolute atomic E-state index is 11.3. The standard InChI is InChI=1S/C10H9N3O3S2/c1-6(14)8-5-7(13(15)16)9(17-8)18-10-11-3-4-12(10)2/h3-5H,1-2H3.